The second-order valence-corrected chi connectivity index (χ2v) is 5.21. The van der Waals surface area contributed by atoms with Gasteiger partial charge in [0.15, 0.2) is 5.82 Å². The molecule has 0 aliphatic rings. The fourth-order valence-corrected chi connectivity index (χ4v) is 2.25. The summed E-state index contributed by atoms with van der Waals surface area (Å²) in [6.45, 7) is 4.22. The van der Waals surface area contributed by atoms with Gasteiger partial charge in [0.05, 0.1) is 11.8 Å². The first-order valence-corrected chi connectivity index (χ1v) is 6.17. The summed E-state index contributed by atoms with van der Waals surface area (Å²) in [5, 5.41) is 3.40. The highest BCUT2D eigenvalue weighted by Gasteiger charge is 2.19. The Kier molecular flexibility index (Phi) is 3.24. The maximum absolute atomic E-state index is 5.79. The molecule has 0 bridgehead atoms. The molecule has 0 saturated carbocycles. The highest BCUT2D eigenvalue weighted by atomic mass is 35.5. The lowest BCUT2D eigenvalue weighted by molar-refractivity contribution is 0.549. The SMILES string of the molecule is Cn1cnc2c(NC(C)(C)CCCl)nccc21. The number of pyridine rings is 1. The molecule has 0 radical (unpaired) electrons. The number of alkyl halides is 1. The number of imidazole rings is 1. The Morgan fingerprint density at radius 3 is 2.88 bits per heavy atom. The van der Waals surface area contributed by atoms with Gasteiger partial charge in [-0.3, -0.25) is 0 Å². The molecular formula is C12H17ClN4. The van der Waals surface area contributed by atoms with Crippen molar-refractivity contribution in [3.63, 3.8) is 0 Å². The van der Waals surface area contributed by atoms with E-state index in [1.165, 1.54) is 0 Å². The van der Waals surface area contributed by atoms with E-state index < -0.39 is 0 Å². The maximum Gasteiger partial charge on any atom is 0.154 e. The number of aromatic nitrogens is 3. The average molecular weight is 253 g/mol. The zero-order valence-corrected chi connectivity index (χ0v) is 11.1. The number of fused-ring (bicyclic) bond motifs is 1. The summed E-state index contributed by atoms with van der Waals surface area (Å²) < 4.78 is 1.98. The Morgan fingerprint density at radius 2 is 2.18 bits per heavy atom. The number of halogens is 1. The normalized spacial score (nSPS) is 12.0. The van der Waals surface area contributed by atoms with Gasteiger partial charge in [-0.05, 0) is 26.3 Å². The molecular weight excluding hydrogens is 236 g/mol. The monoisotopic (exact) mass is 252 g/mol. The first-order valence-electron chi connectivity index (χ1n) is 5.64. The lowest BCUT2D eigenvalue weighted by Gasteiger charge is -2.26. The van der Waals surface area contributed by atoms with Crippen LogP contribution in [0.4, 0.5) is 5.82 Å². The van der Waals surface area contributed by atoms with Gasteiger partial charge in [0, 0.05) is 24.7 Å². The molecule has 1 N–H and O–H groups in total. The van der Waals surface area contributed by atoms with Crippen LogP contribution in [0, 0.1) is 0 Å². The summed E-state index contributed by atoms with van der Waals surface area (Å²) in [4.78, 5) is 8.73. The minimum atomic E-state index is -0.0828. The molecule has 0 fully saturated rings. The predicted octanol–water partition coefficient (Wildman–Crippen LogP) is 2.79. The van der Waals surface area contributed by atoms with Crippen molar-refractivity contribution >= 4 is 28.5 Å². The first-order chi connectivity index (χ1) is 8.03. The third-order valence-electron chi connectivity index (χ3n) is 2.82. The Morgan fingerprint density at radius 1 is 1.41 bits per heavy atom. The molecule has 4 nitrogen and oxygen atoms in total. The Hall–Kier alpha value is -1.29. The van der Waals surface area contributed by atoms with Crippen molar-refractivity contribution < 1.29 is 0 Å². The summed E-state index contributed by atoms with van der Waals surface area (Å²) in [5.41, 5.74) is 1.89. The first kappa shape index (κ1) is 12.2. The van der Waals surface area contributed by atoms with Crippen LogP contribution in [0.15, 0.2) is 18.6 Å². The van der Waals surface area contributed by atoms with Crippen LogP contribution in [0.2, 0.25) is 0 Å². The lowest BCUT2D eigenvalue weighted by atomic mass is 10.0. The van der Waals surface area contributed by atoms with E-state index in [-0.39, 0.29) is 5.54 Å². The molecule has 0 aliphatic carbocycles. The van der Waals surface area contributed by atoms with Crippen molar-refractivity contribution in [1.29, 1.82) is 0 Å². The second-order valence-electron chi connectivity index (χ2n) is 4.83. The van der Waals surface area contributed by atoms with Crippen LogP contribution >= 0.6 is 11.6 Å². The fourth-order valence-electron chi connectivity index (χ4n) is 1.77. The Balaban J connectivity index is 2.36. The van der Waals surface area contributed by atoms with Crippen LogP contribution in [-0.2, 0) is 7.05 Å². The van der Waals surface area contributed by atoms with Crippen molar-refractivity contribution in [2.24, 2.45) is 7.05 Å². The van der Waals surface area contributed by atoms with Crippen LogP contribution in [-0.4, -0.2) is 26.0 Å². The molecule has 2 rings (SSSR count). The topological polar surface area (TPSA) is 42.7 Å². The minimum absolute atomic E-state index is 0.0828. The molecule has 0 spiro atoms. The van der Waals surface area contributed by atoms with E-state index in [9.17, 15) is 0 Å². The summed E-state index contributed by atoms with van der Waals surface area (Å²) >= 11 is 5.79. The average Bonchev–Trinajstić information content (AvgIpc) is 2.61. The van der Waals surface area contributed by atoms with Crippen LogP contribution in [0.25, 0.3) is 11.0 Å². The molecule has 0 aromatic carbocycles. The molecule has 0 atom stereocenters. The highest BCUT2D eigenvalue weighted by molar-refractivity contribution is 6.17. The van der Waals surface area contributed by atoms with Gasteiger partial charge in [-0.15, -0.1) is 11.6 Å². The molecule has 2 aromatic heterocycles. The van der Waals surface area contributed by atoms with Gasteiger partial charge in [0.1, 0.15) is 5.52 Å². The maximum atomic E-state index is 5.79. The van der Waals surface area contributed by atoms with E-state index in [0.29, 0.717) is 5.88 Å². The van der Waals surface area contributed by atoms with Gasteiger partial charge >= 0.3 is 0 Å². The van der Waals surface area contributed by atoms with Gasteiger partial charge in [0.25, 0.3) is 0 Å². The van der Waals surface area contributed by atoms with E-state index in [1.54, 1.807) is 12.5 Å². The summed E-state index contributed by atoms with van der Waals surface area (Å²) in [6, 6.07) is 1.96. The zero-order chi connectivity index (χ0) is 12.5. The van der Waals surface area contributed by atoms with E-state index in [2.05, 4.69) is 29.1 Å². The van der Waals surface area contributed by atoms with Gasteiger partial charge in [0.2, 0.25) is 0 Å². The quantitative estimate of drug-likeness (QED) is 0.851. The number of nitrogens with one attached hydrogen (secondary N) is 1. The van der Waals surface area contributed by atoms with Crippen LogP contribution in [0.3, 0.4) is 0 Å². The summed E-state index contributed by atoms with van der Waals surface area (Å²) in [5.74, 6) is 1.44. The molecule has 0 amide bonds. The van der Waals surface area contributed by atoms with Gasteiger partial charge in [-0.25, -0.2) is 9.97 Å². The van der Waals surface area contributed by atoms with Crippen LogP contribution in [0.5, 0.6) is 0 Å². The van der Waals surface area contributed by atoms with E-state index in [0.717, 1.165) is 23.3 Å². The molecule has 92 valence electrons. The molecule has 2 aromatic rings. The summed E-state index contributed by atoms with van der Waals surface area (Å²) in [6.07, 6.45) is 4.47. The lowest BCUT2D eigenvalue weighted by Crippen LogP contribution is -2.31. The van der Waals surface area contributed by atoms with Gasteiger partial charge < -0.3 is 9.88 Å². The number of rotatable bonds is 4. The third kappa shape index (κ3) is 2.52. The van der Waals surface area contributed by atoms with E-state index in [1.807, 2.05) is 17.7 Å². The number of hydrogen-bond acceptors (Lipinski definition) is 3. The number of anilines is 1. The van der Waals surface area contributed by atoms with Gasteiger partial charge in [-0.2, -0.15) is 0 Å². The van der Waals surface area contributed by atoms with Crippen molar-refractivity contribution in [1.82, 2.24) is 14.5 Å². The predicted molar refractivity (Wildman–Crippen MR) is 71.5 cm³/mol. The van der Waals surface area contributed by atoms with E-state index in [4.69, 9.17) is 11.6 Å². The van der Waals surface area contributed by atoms with Crippen molar-refractivity contribution in [3.8, 4) is 0 Å². The standard InChI is InChI=1S/C12H17ClN4/c1-12(2,5-6-13)16-11-10-9(4-7-14-11)17(3)8-15-10/h4,7-8H,5-6H2,1-3H3,(H,14,16). The van der Waals surface area contributed by atoms with Crippen molar-refractivity contribution in [2.45, 2.75) is 25.8 Å². The van der Waals surface area contributed by atoms with Crippen molar-refractivity contribution in [3.05, 3.63) is 18.6 Å². The molecule has 0 aliphatic heterocycles. The van der Waals surface area contributed by atoms with Crippen LogP contribution in [0.1, 0.15) is 20.3 Å². The third-order valence-corrected chi connectivity index (χ3v) is 3.01. The second kappa shape index (κ2) is 4.53. The smallest absolute Gasteiger partial charge is 0.154 e. The zero-order valence-electron chi connectivity index (χ0n) is 10.4. The largest absolute Gasteiger partial charge is 0.363 e. The highest BCUT2D eigenvalue weighted by Crippen LogP contribution is 2.23. The number of hydrogen-bond donors (Lipinski definition) is 1. The summed E-state index contributed by atoms with van der Waals surface area (Å²) in [7, 11) is 1.98. The number of nitrogens with zero attached hydrogens (tertiary/aromatic N) is 3. The molecule has 17 heavy (non-hydrogen) atoms. The molecule has 0 unspecified atom stereocenters. The molecule has 2 heterocycles. The van der Waals surface area contributed by atoms with Crippen molar-refractivity contribution in [2.75, 3.05) is 11.2 Å². The molecule has 5 heteroatoms. The van der Waals surface area contributed by atoms with Crippen LogP contribution < -0.4 is 5.32 Å². The van der Waals surface area contributed by atoms with Gasteiger partial charge in [-0.1, -0.05) is 0 Å². The molecule has 0 saturated heterocycles. The number of aryl methyl sites for hydroxylation is 1. The fraction of sp³-hybridized carbons (Fsp3) is 0.500. The van der Waals surface area contributed by atoms with E-state index >= 15 is 0 Å². The minimum Gasteiger partial charge on any atom is -0.363 e. The Bertz CT molecular complexity index is 518. The Labute approximate surface area is 106 Å².